The fourth-order valence-electron chi connectivity index (χ4n) is 3.37. The van der Waals surface area contributed by atoms with Crippen molar-refractivity contribution in [2.24, 2.45) is 0 Å². The lowest BCUT2D eigenvalue weighted by Gasteiger charge is -2.18. The van der Waals surface area contributed by atoms with E-state index in [9.17, 15) is 14.0 Å². The van der Waals surface area contributed by atoms with Gasteiger partial charge in [0, 0.05) is 16.8 Å². The van der Waals surface area contributed by atoms with Gasteiger partial charge >= 0.3 is 5.97 Å². The van der Waals surface area contributed by atoms with Crippen LogP contribution in [0.1, 0.15) is 38.8 Å². The predicted octanol–water partition coefficient (Wildman–Crippen LogP) is 5.16. The monoisotopic (exact) mass is 387 g/mol. The zero-order chi connectivity index (χ0) is 20.4. The van der Waals surface area contributed by atoms with E-state index in [1.807, 2.05) is 48.5 Å². The van der Waals surface area contributed by atoms with Crippen LogP contribution >= 0.6 is 0 Å². The quantitative estimate of drug-likeness (QED) is 0.581. The number of halogens is 1. The minimum absolute atomic E-state index is 0.114. The number of rotatable bonds is 4. The first-order chi connectivity index (χ1) is 14.1. The number of carbonyl (C=O) groups excluding carboxylic acids is 2. The summed E-state index contributed by atoms with van der Waals surface area (Å²) in [6.45, 7) is 1.84. The number of nitrogens with zero attached hydrogens (tertiary/aromatic N) is 1. The molecule has 0 unspecified atom stereocenters. The summed E-state index contributed by atoms with van der Waals surface area (Å²) in [5.74, 6) is -1.50. The van der Waals surface area contributed by atoms with Crippen molar-refractivity contribution in [2.45, 2.75) is 6.92 Å². The van der Waals surface area contributed by atoms with Crippen molar-refractivity contribution in [3.63, 3.8) is 0 Å². The molecule has 0 aliphatic carbocycles. The first kappa shape index (κ1) is 18.6. The summed E-state index contributed by atoms with van der Waals surface area (Å²) in [5, 5.41) is 0. The Labute approximate surface area is 167 Å². The van der Waals surface area contributed by atoms with Gasteiger partial charge in [-0.25, -0.2) is 9.18 Å². The average Bonchev–Trinajstić information content (AvgIpc) is 3.01. The van der Waals surface area contributed by atoms with Crippen molar-refractivity contribution < 1.29 is 18.7 Å². The number of para-hydroxylation sites is 1. The minimum Gasteiger partial charge on any atom is -0.462 e. The third kappa shape index (κ3) is 3.43. The highest BCUT2D eigenvalue weighted by molar-refractivity contribution is 6.24. The molecular formula is C24H18FNO3. The molecule has 0 N–H and O–H groups in total. The molecule has 1 aliphatic rings. The largest absolute Gasteiger partial charge is 0.462 e. The number of hydrogen-bond donors (Lipinski definition) is 0. The van der Waals surface area contributed by atoms with Gasteiger partial charge in [-0.3, -0.25) is 9.69 Å². The summed E-state index contributed by atoms with van der Waals surface area (Å²) in [5.41, 5.74) is 3.17. The van der Waals surface area contributed by atoms with E-state index in [0.717, 1.165) is 11.3 Å². The Morgan fingerprint density at radius 1 is 1.00 bits per heavy atom. The van der Waals surface area contributed by atoms with Crippen LogP contribution in [-0.4, -0.2) is 18.5 Å². The van der Waals surface area contributed by atoms with E-state index in [-0.39, 0.29) is 18.1 Å². The zero-order valence-corrected chi connectivity index (χ0v) is 15.8. The van der Waals surface area contributed by atoms with Gasteiger partial charge in [-0.15, -0.1) is 0 Å². The molecule has 0 bridgehead atoms. The number of ether oxygens (including phenoxy) is 1. The van der Waals surface area contributed by atoms with Crippen LogP contribution < -0.4 is 4.90 Å². The molecule has 0 spiro atoms. The second-order valence-corrected chi connectivity index (χ2v) is 6.51. The van der Waals surface area contributed by atoms with Crippen molar-refractivity contribution in [1.29, 1.82) is 0 Å². The molecule has 0 atom stereocenters. The summed E-state index contributed by atoms with van der Waals surface area (Å²) in [4.78, 5) is 26.5. The molecule has 144 valence electrons. The normalized spacial score (nSPS) is 14.2. The van der Waals surface area contributed by atoms with Crippen LogP contribution in [0.2, 0.25) is 0 Å². The van der Waals surface area contributed by atoms with Gasteiger partial charge in [-0.1, -0.05) is 42.5 Å². The SMILES string of the molecule is CCOC(=O)c1ccc(/C=C2\c3ccccc3C(=O)N2c2ccccc2)cc1F. The number of amides is 1. The lowest BCUT2D eigenvalue weighted by atomic mass is 10.0. The Balaban J connectivity index is 1.80. The number of benzene rings is 3. The molecule has 3 aromatic carbocycles. The molecular weight excluding hydrogens is 369 g/mol. The lowest BCUT2D eigenvalue weighted by Crippen LogP contribution is -2.22. The van der Waals surface area contributed by atoms with Gasteiger partial charge in [-0.05, 0) is 48.9 Å². The van der Waals surface area contributed by atoms with Gasteiger partial charge < -0.3 is 4.74 Å². The van der Waals surface area contributed by atoms with E-state index in [1.54, 1.807) is 30.0 Å². The maximum atomic E-state index is 14.5. The molecule has 29 heavy (non-hydrogen) atoms. The Bertz CT molecular complexity index is 1120. The molecule has 4 rings (SSSR count). The molecule has 0 radical (unpaired) electrons. The van der Waals surface area contributed by atoms with Crippen LogP contribution in [0.5, 0.6) is 0 Å². The first-order valence-electron chi connectivity index (χ1n) is 9.27. The van der Waals surface area contributed by atoms with Crippen LogP contribution in [0.15, 0.2) is 72.8 Å². The number of anilines is 1. The van der Waals surface area contributed by atoms with Crippen LogP contribution in [0.3, 0.4) is 0 Å². The van der Waals surface area contributed by atoms with E-state index in [1.165, 1.54) is 12.1 Å². The molecule has 0 saturated heterocycles. The van der Waals surface area contributed by atoms with Crippen molar-refractivity contribution in [3.05, 3.63) is 101 Å². The van der Waals surface area contributed by atoms with Crippen molar-refractivity contribution in [1.82, 2.24) is 0 Å². The van der Waals surface area contributed by atoms with Crippen LogP contribution in [0.25, 0.3) is 11.8 Å². The summed E-state index contributed by atoms with van der Waals surface area (Å²) in [6.07, 6.45) is 1.74. The highest BCUT2D eigenvalue weighted by atomic mass is 19.1. The number of fused-ring (bicyclic) bond motifs is 1. The summed E-state index contributed by atoms with van der Waals surface area (Å²) < 4.78 is 19.4. The van der Waals surface area contributed by atoms with E-state index in [2.05, 4.69) is 0 Å². The molecule has 1 aliphatic heterocycles. The van der Waals surface area contributed by atoms with Crippen LogP contribution in [0.4, 0.5) is 10.1 Å². The predicted molar refractivity (Wildman–Crippen MR) is 110 cm³/mol. The standard InChI is InChI=1S/C24H18FNO3/c1-2-29-24(28)20-13-12-16(14-21(20)25)15-22-18-10-6-7-11-19(18)23(27)26(22)17-8-4-3-5-9-17/h3-15H,2H2,1H3/b22-15+. The third-order valence-corrected chi connectivity index (χ3v) is 4.68. The van der Waals surface area contributed by atoms with Gasteiger partial charge in [0.2, 0.25) is 0 Å². The Morgan fingerprint density at radius 3 is 2.38 bits per heavy atom. The highest BCUT2D eigenvalue weighted by Crippen LogP contribution is 2.37. The molecule has 0 aromatic heterocycles. The molecule has 3 aromatic rings. The smallest absolute Gasteiger partial charge is 0.341 e. The Morgan fingerprint density at radius 2 is 1.69 bits per heavy atom. The fraction of sp³-hybridized carbons (Fsp3) is 0.0833. The molecule has 1 heterocycles. The zero-order valence-electron chi connectivity index (χ0n) is 15.8. The van der Waals surface area contributed by atoms with Gasteiger partial charge in [0.25, 0.3) is 5.91 Å². The maximum absolute atomic E-state index is 14.5. The third-order valence-electron chi connectivity index (χ3n) is 4.68. The van der Waals surface area contributed by atoms with E-state index in [4.69, 9.17) is 4.74 Å². The van der Waals surface area contributed by atoms with Gasteiger partial charge in [0.05, 0.1) is 17.9 Å². The van der Waals surface area contributed by atoms with Gasteiger partial charge in [0.15, 0.2) is 0 Å². The molecule has 0 saturated carbocycles. The number of esters is 1. The second-order valence-electron chi connectivity index (χ2n) is 6.51. The van der Waals surface area contributed by atoms with Crippen LogP contribution in [-0.2, 0) is 4.74 Å². The van der Waals surface area contributed by atoms with E-state index >= 15 is 0 Å². The first-order valence-corrected chi connectivity index (χ1v) is 9.27. The van der Waals surface area contributed by atoms with Gasteiger partial charge in [-0.2, -0.15) is 0 Å². The van der Waals surface area contributed by atoms with Crippen molar-refractivity contribution >= 4 is 29.3 Å². The van der Waals surface area contributed by atoms with Crippen molar-refractivity contribution in [3.8, 4) is 0 Å². The summed E-state index contributed by atoms with van der Waals surface area (Å²) in [7, 11) is 0. The second kappa shape index (κ2) is 7.72. The van der Waals surface area contributed by atoms with E-state index in [0.29, 0.717) is 16.8 Å². The topological polar surface area (TPSA) is 46.6 Å². The minimum atomic E-state index is -0.698. The molecule has 1 amide bonds. The number of carbonyl (C=O) groups is 2. The lowest BCUT2D eigenvalue weighted by molar-refractivity contribution is 0.0521. The average molecular weight is 387 g/mol. The summed E-state index contributed by atoms with van der Waals surface area (Å²) >= 11 is 0. The van der Waals surface area contributed by atoms with Gasteiger partial charge in [0.1, 0.15) is 5.82 Å². The Kier molecular flexibility index (Phi) is 4.96. The fourth-order valence-corrected chi connectivity index (χ4v) is 3.37. The highest BCUT2D eigenvalue weighted by Gasteiger charge is 2.33. The Hall–Kier alpha value is -3.73. The van der Waals surface area contributed by atoms with Crippen LogP contribution in [0, 0.1) is 5.82 Å². The maximum Gasteiger partial charge on any atom is 0.341 e. The van der Waals surface area contributed by atoms with E-state index < -0.39 is 11.8 Å². The summed E-state index contributed by atoms with van der Waals surface area (Å²) in [6, 6.07) is 20.9. The molecule has 4 nitrogen and oxygen atoms in total. The van der Waals surface area contributed by atoms with Crippen molar-refractivity contribution in [2.75, 3.05) is 11.5 Å². The molecule has 0 fully saturated rings. The number of hydrogen-bond acceptors (Lipinski definition) is 3. The molecule has 5 heteroatoms.